The maximum absolute atomic E-state index is 15.4. The van der Waals surface area contributed by atoms with Gasteiger partial charge in [0.2, 0.25) is 94.5 Å². The van der Waals surface area contributed by atoms with Crippen LogP contribution in [0, 0.1) is 5.41 Å². The van der Waals surface area contributed by atoms with Crippen LogP contribution < -0.4 is 91.6 Å². The number of nitrogens with two attached hydrogens (primary N) is 3. The van der Waals surface area contributed by atoms with Gasteiger partial charge in [-0.1, -0.05) is 125 Å². The number of hydrogen-bond donors (Lipinski definition) is 22. The van der Waals surface area contributed by atoms with E-state index < -0.39 is 290 Å². The molecule has 2 aliphatic rings. The van der Waals surface area contributed by atoms with Gasteiger partial charge in [-0.2, -0.15) is 11.8 Å². The SMILES string of the molecule is CCCC(O)C[C@@H]1NC(=O)[C@H](Cc2ccccc2)NC(=O)[C@H](CC(=O)O)NC(=O)[C@H](CCC(=O)O)NC(=O)[C@H]2CSCc3cc(cc(c3)CN(C)C[C@H](NC(=O)[C@H](C)N)C(=O)N[C@H](C)C(=O)N[C@@H](CC(N)=O)C(=O)N[C@@H](CCC(=O)O)C(=O)N[C@@H](Cc3cccc4ccccc34)C(=O)N[C@H](C)C(=O)N2)CN(C)C[C@@H](C(N)=O)NC(=O)[C@H](C(C)(C)C)NC(=O)[C@H](CC(=O)O)NC1=O. The lowest BCUT2D eigenvalue weighted by atomic mass is 9.85. The molecule has 714 valence electrons. The minimum absolute atomic E-state index is 0.00160. The predicted molar refractivity (Wildman–Crippen MR) is 471 cm³/mol. The number of aliphatic hydroxyl groups is 1. The van der Waals surface area contributed by atoms with Crippen molar-refractivity contribution in [3.8, 4) is 0 Å². The van der Waals surface area contributed by atoms with Crippen molar-refractivity contribution in [3.63, 3.8) is 0 Å². The fourth-order valence-corrected chi connectivity index (χ4v) is 15.3. The van der Waals surface area contributed by atoms with Crippen LogP contribution in [-0.2, 0) is 128 Å². The molecule has 0 spiro atoms. The average molecular weight is 1850 g/mol. The Balaban J connectivity index is 1.59. The van der Waals surface area contributed by atoms with Gasteiger partial charge in [-0.25, -0.2) is 0 Å². The van der Waals surface area contributed by atoms with Crippen LogP contribution >= 0.6 is 11.8 Å². The van der Waals surface area contributed by atoms with Gasteiger partial charge in [-0.15, -0.1) is 0 Å². The molecular weight excluding hydrogens is 1730 g/mol. The Morgan fingerprint density at radius 2 is 0.931 bits per heavy atom. The lowest BCUT2D eigenvalue weighted by Gasteiger charge is -2.33. The zero-order valence-electron chi connectivity index (χ0n) is 74.1. The highest BCUT2D eigenvalue weighted by molar-refractivity contribution is 7.98. The molecule has 0 fully saturated rings. The topological polar surface area (TPSA) is 696 Å². The monoisotopic (exact) mass is 1850 g/mol. The number of nitrogens with one attached hydrogen (secondary N) is 14. The number of nitrogens with zero attached hydrogens (tertiary/aromatic N) is 2. The minimum atomic E-state index is -2.23. The van der Waals surface area contributed by atoms with Crippen molar-refractivity contribution in [1.82, 2.24) is 84.2 Å². The number of likely N-dealkylation sites (N-methyl/N-ethyl adjacent to an activating group) is 2. The minimum Gasteiger partial charge on any atom is -0.481 e. The van der Waals surface area contributed by atoms with E-state index in [4.69, 9.17) is 17.2 Å². The van der Waals surface area contributed by atoms with E-state index in [1.165, 1.54) is 60.8 Å². The van der Waals surface area contributed by atoms with Crippen molar-refractivity contribution in [2.45, 2.75) is 241 Å². The van der Waals surface area contributed by atoms with Crippen molar-refractivity contribution in [2.75, 3.05) is 32.9 Å². The summed E-state index contributed by atoms with van der Waals surface area (Å²) < 4.78 is 0. The molecule has 16 amide bonds. The number of carbonyl (C=O) groups is 20. The molecule has 44 nitrogen and oxygen atoms in total. The number of thioether (sulfide) groups is 1. The highest BCUT2D eigenvalue weighted by Gasteiger charge is 2.42. The fourth-order valence-electron chi connectivity index (χ4n) is 14.3. The van der Waals surface area contributed by atoms with Crippen LogP contribution in [0.15, 0.2) is 91.0 Å². The summed E-state index contributed by atoms with van der Waals surface area (Å²) in [7, 11) is 3.05. The van der Waals surface area contributed by atoms with E-state index in [2.05, 4.69) is 74.4 Å². The molecule has 25 N–H and O–H groups in total. The lowest BCUT2D eigenvalue weighted by Crippen LogP contribution is -2.63. The molecule has 16 atom stereocenters. The molecule has 2 aliphatic heterocycles. The third-order valence-corrected chi connectivity index (χ3v) is 22.2. The first-order valence-corrected chi connectivity index (χ1v) is 43.4. The summed E-state index contributed by atoms with van der Waals surface area (Å²) in [6, 6.07) is -2.48. The number of primary amides is 2. The van der Waals surface area contributed by atoms with E-state index in [0.717, 1.165) is 18.7 Å². The van der Waals surface area contributed by atoms with Crippen molar-refractivity contribution in [1.29, 1.82) is 0 Å². The maximum Gasteiger partial charge on any atom is 0.305 e. The molecule has 131 heavy (non-hydrogen) atoms. The number of fused-ring (bicyclic) bond motifs is 6. The number of hydrogen-bond acceptors (Lipinski definition) is 25. The number of carboxylic acid groups (broad SMARTS) is 4. The van der Waals surface area contributed by atoms with Crippen LogP contribution in [0.25, 0.3) is 10.8 Å². The van der Waals surface area contributed by atoms with Gasteiger partial charge in [-0.05, 0) is 98.1 Å². The smallest absolute Gasteiger partial charge is 0.305 e. The second-order valence-corrected chi connectivity index (χ2v) is 34.7. The van der Waals surface area contributed by atoms with E-state index in [-0.39, 0.29) is 38.4 Å². The van der Waals surface area contributed by atoms with E-state index in [1.807, 2.05) is 0 Å². The molecule has 4 bridgehead atoms. The second-order valence-electron chi connectivity index (χ2n) is 33.6. The Morgan fingerprint density at radius 3 is 1.47 bits per heavy atom. The molecule has 4 aromatic carbocycles. The number of aliphatic hydroxyl groups excluding tert-OH is 1. The molecule has 1 unspecified atom stereocenters. The summed E-state index contributed by atoms with van der Waals surface area (Å²) in [6.45, 7) is 8.83. The molecule has 4 aromatic rings. The highest BCUT2D eigenvalue weighted by Crippen LogP contribution is 2.25. The normalized spacial score (nSPS) is 24.6. The zero-order valence-corrected chi connectivity index (χ0v) is 74.9. The molecule has 6 rings (SSSR count). The quantitative estimate of drug-likeness (QED) is 0.0332. The van der Waals surface area contributed by atoms with Gasteiger partial charge in [0.05, 0.1) is 31.4 Å². The molecule has 2 heterocycles. The molecular formula is C86H119N19O25S. The number of amides is 16. The van der Waals surface area contributed by atoms with E-state index in [9.17, 15) is 107 Å². The first kappa shape index (κ1) is 107. The molecule has 0 aliphatic carbocycles. The summed E-state index contributed by atoms with van der Waals surface area (Å²) in [5, 5.41) is 87.2. The number of carboxylic acids is 4. The molecule has 0 aromatic heterocycles. The Morgan fingerprint density at radius 1 is 0.489 bits per heavy atom. The van der Waals surface area contributed by atoms with E-state index in [0.29, 0.717) is 45.0 Å². The zero-order chi connectivity index (χ0) is 97.4. The number of benzene rings is 4. The average Bonchev–Trinajstić information content (AvgIpc) is 0.817. The summed E-state index contributed by atoms with van der Waals surface area (Å²) in [5.74, 6) is -26.1. The summed E-state index contributed by atoms with van der Waals surface area (Å²) in [6.07, 6.45) is -9.28. The number of rotatable bonds is 23. The van der Waals surface area contributed by atoms with E-state index >= 15 is 14.4 Å². The van der Waals surface area contributed by atoms with Gasteiger partial charge in [0.25, 0.3) is 0 Å². The maximum atomic E-state index is 15.4. The standard InChI is InChI=1S/C86H119N19O25S/c1-10-17-52(106)33-58-79(124)99-61(36-69(114)115)82(127)103-70(86(5,6)7)85(130)100-62(71(89)116)39-104(8)37-47-28-48-30-49(29-47)41-131-42-64(84(129)93-55(25-27-67(110)111)76(121)98-60(35-68(112)113)81(126)95-56(78(123)97-58)31-46-18-12-11-13-19-46)102-74(119)45(4)90-77(122)57(32-51-22-16-21-50-20-14-15-23-53(50)51)96-75(120)54(24-26-66(108)109)92-80(125)59(34-65(88)107)94-73(118)44(3)91-83(128)63(40-105(9)38-48)101-72(117)43(2)87/h11-16,18-23,28-30,43-45,52,54-64,70,106H,10,17,24-27,31-42,87H2,1-9H3,(H2,88,107)(H2,89,116)(H,90,122)(H,91,128)(H,92,125)(H,93,129)(H,94,118)(H,95,126)(H,96,120)(H,97,123)(H,98,121)(H,99,124)(H,100,130)(H,101,117)(H,102,119)(H,103,127)(H,108,109)(H,110,111)(H,112,113)(H,114,115)/t43-,44+,45+,52?,54-,55-,56-,57-,58-,59-,60-,61-,62-,63-,64+,70+/m0/s1. The summed E-state index contributed by atoms with van der Waals surface area (Å²) in [4.78, 5) is 285. The van der Waals surface area contributed by atoms with Gasteiger partial charge in [0.1, 0.15) is 84.6 Å². The molecule has 0 radical (unpaired) electrons. The Bertz CT molecular complexity index is 4840. The van der Waals surface area contributed by atoms with Gasteiger partial charge in [0, 0.05) is 69.8 Å². The van der Waals surface area contributed by atoms with Crippen molar-refractivity contribution in [2.24, 2.45) is 22.6 Å². The van der Waals surface area contributed by atoms with Crippen LogP contribution in [-0.4, -0.2) is 283 Å². The summed E-state index contributed by atoms with van der Waals surface area (Å²) in [5.41, 5.74) is 18.3. The van der Waals surface area contributed by atoms with Gasteiger partial charge < -0.3 is 117 Å². The molecule has 45 heteroatoms. The fraction of sp³-hybridized carbons (Fsp3) is 0.512. The Hall–Kier alpha value is -13.3. The predicted octanol–water partition coefficient (Wildman–Crippen LogP) is -4.74. The van der Waals surface area contributed by atoms with Crippen LogP contribution in [0.3, 0.4) is 0 Å². The van der Waals surface area contributed by atoms with Gasteiger partial charge >= 0.3 is 23.9 Å². The van der Waals surface area contributed by atoms with Crippen LogP contribution in [0.1, 0.15) is 140 Å². The third kappa shape index (κ3) is 35.3. The Labute approximate surface area is 758 Å². The lowest BCUT2D eigenvalue weighted by molar-refractivity contribution is -0.143. The largest absolute Gasteiger partial charge is 0.481 e. The van der Waals surface area contributed by atoms with Gasteiger partial charge in [0.15, 0.2) is 0 Å². The number of aliphatic carboxylic acids is 4. The third-order valence-electron chi connectivity index (χ3n) is 21.1. The molecule has 0 saturated carbocycles. The van der Waals surface area contributed by atoms with E-state index in [1.54, 1.807) is 95.6 Å². The Kier molecular flexibility index (Phi) is 41.2. The number of carbonyl (C=O) groups excluding carboxylic acids is 16. The first-order valence-electron chi connectivity index (χ1n) is 42.3. The first-order chi connectivity index (χ1) is 61.6. The van der Waals surface area contributed by atoms with Crippen LogP contribution in [0.5, 0.6) is 0 Å². The van der Waals surface area contributed by atoms with Crippen molar-refractivity contribution < 1.29 is 121 Å². The van der Waals surface area contributed by atoms with Crippen LogP contribution in [0.4, 0.5) is 0 Å². The van der Waals surface area contributed by atoms with Crippen molar-refractivity contribution >= 4 is 141 Å². The van der Waals surface area contributed by atoms with Gasteiger partial charge in [-0.3, -0.25) is 106 Å². The van der Waals surface area contributed by atoms with Crippen LogP contribution in [0.2, 0.25) is 0 Å². The molecule has 0 saturated heterocycles. The summed E-state index contributed by atoms with van der Waals surface area (Å²) >= 11 is 0.942. The van der Waals surface area contributed by atoms with Crippen molar-refractivity contribution in [3.05, 3.63) is 119 Å². The second kappa shape index (κ2) is 50.6. The highest BCUT2D eigenvalue weighted by atomic mass is 32.2.